The van der Waals surface area contributed by atoms with Crippen LogP contribution in [0.15, 0.2) is 24.3 Å². The third-order valence-electron chi connectivity index (χ3n) is 5.37. The van der Waals surface area contributed by atoms with E-state index < -0.39 is 11.9 Å². The Balaban J connectivity index is 1.74. The second kappa shape index (κ2) is 9.20. The molecule has 3 atom stereocenters. The molecule has 28 heavy (non-hydrogen) atoms. The number of hydrogen-bond donors (Lipinski definition) is 1. The molecule has 1 unspecified atom stereocenters. The maximum atomic E-state index is 14.5. The number of rotatable bonds is 7. The topological polar surface area (TPSA) is 87.2 Å². The van der Waals surface area contributed by atoms with Crippen LogP contribution >= 0.6 is 0 Å². The zero-order chi connectivity index (χ0) is 20.1. The Kier molecular flexibility index (Phi) is 6.69. The molecule has 9 heteroatoms. The van der Waals surface area contributed by atoms with E-state index in [4.69, 9.17) is 4.74 Å². The zero-order valence-corrected chi connectivity index (χ0v) is 16.5. The minimum absolute atomic E-state index is 0.0941. The Labute approximate surface area is 164 Å². The largest absolute Gasteiger partial charge is 0.372 e. The third kappa shape index (κ3) is 4.53. The Hall–Kier alpha value is -2.39. The molecule has 0 spiro atoms. The number of H-pyrrole nitrogens is 1. The second-order valence-corrected chi connectivity index (χ2v) is 7.25. The third-order valence-corrected chi connectivity index (χ3v) is 5.37. The first-order valence-electron chi connectivity index (χ1n) is 9.56. The smallest absolute Gasteiger partial charge is 0.256 e. The van der Waals surface area contributed by atoms with Gasteiger partial charge in [0.15, 0.2) is 5.82 Å². The number of aromatic amines is 1. The summed E-state index contributed by atoms with van der Waals surface area (Å²) in [7, 11) is 1.49. The highest BCUT2D eigenvalue weighted by atomic mass is 19.1. The first-order chi connectivity index (χ1) is 13.5. The molecule has 1 saturated heterocycles. The number of halogens is 1. The summed E-state index contributed by atoms with van der Waals surface area (Å²) in [6, 6.07) is 6.33. The molecule has 1 fully saturated rings. The first-order valence-corrected chi connectivity index (χ1v) is 9.56. The normalized spacial score (nSPS) is 21.4. The van der Waals surface area contributed by atoms with Crippen LogP contribution in [0.2, 0.25) is 0 Å². The number of nitrogens with zero attached hydrogens (tertiary/aromatic N) is 5. The number of hydrogen-bond acceptors (Lipinski definition) is 6. The van der Waals surface area contributed by atoms with E-state index in [9.17, 15) is 9.18 Å². The van der Waals surface area contributed by atoms with Gasteiger partial charge in [0.05, 0.1) is 5.69 Å². The van der Waals surface area contributed by atoms with Crippen LogP contribution in [0.25, 0.3) is 0 Å². The van der Waals surface area contributed by atoms with Crippen LogP contribution in [0.1, 0.15) is 26.1 Å². The quantitative estimate of drug-likeness (QED) is 0.774. The number of nitrogens with one attached hydrogen (secondary N) is 1. The highest BCUT2D eigenvalue weighted by molar-refractivity contribution is 5.97. The molecular weight excluding hydrogens is 363 g/mol. The molecule has 0 saturated carbocycles. The van der Waals surface area contributed by atoms with Gasteiger partial charge in [-0.15, -0.1) is 10.2 Å². The van der Waals surface area contributed by atoms with Crippen molar-refractivity contribution in [3.63, 3.8) is 0 Å². The van der Waals surface area contributed by atoms with Gasteiger partial charge < -0.3 is 14.5 Å². The zero-order valence-electron chi connectivity index (χ0n) is 16.5. The number of carbonyl (C=O) groups excluding carboxylic acids is 1. The van der Waals surface area contributed by atoms with Gasteiger partial charge in [-0.1, -0.05) is 24.3 Å². The maximum Gasteiger partial charge on any atom is 0.256 e. The van der Waals surface area contributed by atoms with Gasteiger partial charge in [-0.25, -0.2) is 4.39 Å². The molecule has 152 valence electrons. The maximum absolute atomic E-state index is 14.5. The molecule has 8 nitrogen and oxygen atoms in total. The summed E-state index contributed by atoms with van der Waals surface area (Å²) in [5, 5.41) is 14.0. The van der Waals surface area contributed by atoms with Crippen molar-refractivity contribution in [3.05, 3.63) is 35.9 Å². The monoisotopic (exact) mass is 390 g/mol. The van der Waals surface area contributed by atoms with E-state index in [1.807, 2.05) is 0 Å². The van der Waals surface area contributed by atoms with Crippen LogP contribution in [0, 0.1) is 11.7 Å². The van der Waals surface area contributed by atoms with Gasteiger partial charge >= 0.3 is 0 Å². The molecule has 3 rings (SSSR count). The SMILES string of the molecule is COC(C)C(=O)N(c1ccccc1F)[C@H]1CCN(CCc2nn[nH]n2)C[C@@H]1C. The van der Waals surface area contributed by atoms with Gasteiger partial charge in [0, 0.05) is 39.2 Å². The minimum atomic E-state index is -0.636. The Bertz CT molecular complexity index is 772. The molecule has 0 bridgehead atoms. The Morgan fingerprint density at radius 3 is 2.89 bits per heavy atom. The molecule has 1 aromatic heterocycles. The summed E-state index contributed by atoms with van der Waals surface area (Å²) >= 11 is 0. The van der Waals surface area contributed by atoms with Crippen LogP contribution in [-0.4, -0.2) is 70.3 Å². The number of amides is 1. The average Bonchev–Trinajstić information content (AvgIpc) is 3.22. The van der Waals surface area contributed by atoms with Crippen LogP contribution in [-0.2, 0) is 16.0 Å². The Morgan fingerprint density at radius 2 is 2.25 bits per heavy atom. The van der Waals surface area contributed by atoms with E-state index in [1.54, 1.807) is 30.0 Å². The lowest BCUT2D eigenvalue weighted by Crippen LogP contribution is -2.55. The summed E-state index contributed by atoms with van der Waals surface area (Å²) < 4.78 is 19.8. The van der Waals surface area contributed by atoms with E-state index in [1.165, 1.54) is 13.2 Å². The molecule has 2 aromatic rings. The first kappa shape index (κ1) is 20.3. The van der Waals surface area contributed by atoms with Crippen LogP contribution in [0.4, 0.5) is 10.1 Å². The van der Waals surface area contributed by atoms with Crippen molar-refractivity contribution in [2.75, 3.05) is 31.6 Å². The van der Waals surface area contributed by atoms with Gasteiger partial charge in [0.25, 0.3) is 5.91 Å². The number of para-hydroxylation sites is 1. The number of tetrazole rings is 1. The van der Waals surface area contributed by atoms with Gasteiger partial charge in [0.2, 0.25) is 0 Å². The number of aromatic nitrogens is 4. The van der Waals surface area contributed by atoms with E-state index >= 15 is 0 Å². The molecule has 0 radical (unpaired) electrons. The van der Waals surface area contributed by atoms with E-state index in [2.05, 4.69) is 32.4 Å². The summed E-state index contributed by atoms with van der Waals surface area (Å²) in [5.41, 5.74) is 0.313. The predicted molar refractivity (Wildman–Crippen MR) is 102 cm³/mol. The van der Waals surface area contributed by atoms with Crippen LogP contribution in [0.3, 0.4) is 0 Å². The lowest BCUT2D eigenvalue weighted by molar-refractivity contribution is -0.128. The number of benzene rings is 1. The highest BCUT2D eigenvalue weighted by Crippen LogP contribution is 2.30. The highest BCUT2D eigenvalue weighted by Gasteiger charge is 2.36. The average molecular weight is 390 g/mol. The number of anilines is 1. The van der Waals surface area contributed by atoms with Gasteiger partial charge in [-0.3, -0.25) is 4.79 Å². The van der Waals surface area contributed by atoms with E-state index in [0.29, 0.717) is 17.9 Å². The number of piperidine rings is 1. The van der Waals surface area contributed by atoms with Gasteiger partial charge in [0.1, 0.15) is 11.9 Å². The summed E-state index contributed by atoms with van der Waals surface area (Å²) in [6.07, 6.45) is 0.831. The van der Waals surface area contributed by atoms with Crippen molar-refractivity contribution >= 4 is 11.6 Å². The van der Waals surface area contributed by atoms with Crippen molar-refractivity contribution < 1.29 is 13.9 Å². The van der Waals surface area contributed by atoms with Crippen molar-refractivity contribution in [3.8, 4) is 0 Å². The number of carbonyl (C=O) groups is 1. The fraction of sp³-hybridized carbons (Fsp3) is 0.579. The molecule has 1 aromatic carbocycles. The second-order valence-electron chi connectivity index (χ2n) is 7.25. The number of methoxy groups -OCH3 is 1. The molecule has 2 heterocycles. The molecule has 0 aliphatic carbocycles. The molecular formula is C19H27FN6O2. The van der Waals surface area contributed by atoms with Crippen molar-refractivity contribution in [1.82, 2.24) is 25.5 Å². The van der Waals surface area contributed by atoms with E-state index in [-0.39, 0.29) is 17.9 Å². The molecule has 1 amide bonds. The van der Waals surface area contributed by atoms with Crippen LogP contribution < -0.4 is 4.90 Å². The summed E-state index contributed by atoms with van der Waals surface area (Å²) in [5.74, 6) is 0.245. The van der Waals surface area contributed by atoms with Gasteiger partial charge in [-0.2, -0.15) is 5.21 Å². The van der Waals surface area contributed by atoms with Crippen molar-refractivity contribution in [2.45, 2.75) is 38.8 Å². The summed E-state index contributed by atoms with van der Waals surface area (Å²) in [6.45, 7) is 6.23. The predicted octanol–water partition coefficient (Wildman–Crippen LogP) is 1.66. The minimum Gasteiger partial charge on any atom is -0.372 e. The molecule has 1 N–H and O–H groups in total. The van der Waals surface area contributed by atoms with Crippen molar-refractivity contribution in [1.29, 1.82) is 0 Å². The van der Waals surface area contributed by atoms with E-state index in [0.717, 1.165) is 26.1 Å². The van der Waals surface area contributed by atoms with Crippen molar-refractivity contribution in [2.24, 2.45) is 5.92 Å². The van der Waals surface area contributed by atoms with Crippen LogP contribution in [0.5, 0.6) is 0 Å². The Morgan fingerprint density at radius 1 is 1.46 bits per heavy atom. The lowest BCUT2D eigenvalue weighted by atomic mass is 9.91. The lowest BCUT2D eigenvalue weighted by Gasteiger charge is -2.43. The number of likely N-dealkylation sites (tertiary alicyclic amines) is 1. The standard InChI is InChI=1S/C19H27FN6O2/c1-13-12-25(11-9-18-21-23-24-22-18)10-8-16(13)26(19(27)14(2)28-3)17-7-5-4-6-15(17)20/h4-7,13-14,16H,8-12H2,1-3H3,(H,21,22,23,24)/t13-,14?,16-/m0/s1. The fourth-order valence-corrected chi connectivity index (χ4v) is 3.76. The fourth-order valence-electron chi connectivity index (χ4n) is 3.76. The molecule has 1 aliphatic heterocycles. The van der Waals surface area contributed by atoms with Gasteiger partial charge in [-0.05, 0) is 31.4 Å². The molecule has 1 aliphatic rings. The summed E-state index contributed by atoms with van der Waals surface area (Å²) in [4.78, 5) is 17.0. The number of ether oxygens (including phenoxy) is 1.